The van der Waals surface area contributed by atoms with E-state index in [1.54, 1.807) is 33.7 Å². The maximum absolute atomic E-state index is 13.8. The maximum Gasteiger partial charge on any atom is 0.415 e. The summed E-state index contributed by atoms with van der Waals surface area (Å²) in [5.41, 5.74) is 3.20. The summed E-state index contributed by atoms with van der Waals surface area (Å²) in [5, 5.41) is 0.567. The molecule has 0 unspecified atom stereocenters. The van der Waals surface area contributed by atoms with E-state index in [1.807, 2.05) is 67.6 Å². The van der Waals surface area contributed by atoms with Crippen molar-refractivity contribution in [3.05, 3.63) is 129 Å². The Morgan fingerprint density at radius 1 is 0.943 bits per heavy atom. The van der Waals surface area contributed by atoms with Gasteiger partial charge in [-0.1, -0.05) is 72.3 Å². The van der Waals surface area contributed by atoms with Crippen LogP contribution in [-0.2, 0) is 13.0 Å². The third kappa shape index (κ3) is 4.70. The lowest BCUT2D eigenvalue weighted by Gasteiger charge is -2.30. The van der Waals surface area contributed by atoms with Crippen molar-refractivity contribution in [2.45, 2.75) is 25.9 Å². The van der Waals surface area contributed by atoms with Crippen LogP contribution < -0.4 is 10.3 Å². The van der Waals surface area contributed by atoms with Crippen molar-refractivity contribution in [1.29, 1.82) is 0 Å². The molecule has 0 atom stereocenters. The number of hydrogen-bond donors (Lipinski definition) is 0. The molecule has 0 N–H and O–H groups in total. The summed E-state index contributed by atoms with van der Waals surface area (Å²) in [5.74, 6) is 1.01. The number of ether oxygens (including phenoxy) is 1. The van der Waals surface area contributed by atoms with Crippen LogP contribution in [0.2, 0.25) is 5.02 Å². The van der Waals surface area contributed by atoms with Crippen molar-refractivity contribution in [2.24, 2.45) is 0 Å². The van der Waals surface area contributed by atoms with Crippen LogP contribution in [0.4, 0.5) is 4.79 Å². The molecule has 0 fully saturated rings. The van der Waals surface area contributed by atoms with Gasteiger partial charge in [0.1, 0.15) is 11.6 Å². The second kappa shape index (κ2) is 9.76. The molecule has 3 aromatic carbocycles. The van der Waals surface area contributed by atoms with Crippen molar-refractivity contribution >= 4 is 17.7 Å². The Hall–Kier alpha value is -3.90. The summed E-state index contributed by atoms with van der Waals surface area (Å²) in [7, 11) is 0. The average molecular weight is 486 g/mol. The SMILES string of the molecule is Cc1nc2c(c(=O)n1C(c1ccccc1)c1ccccc1)CCN(C(=O)Oc1ccc(Cl)cc1)C2. The van der Waals surface area contributed by atoms with Crippen LogP contribution >= 0.6 is 11.6 Å². The Morgan fingerprint density at radius 3 is 2.14 bits per heavy atom. The standard InChI is InChI=1S/C28H24ClN3O3/c1-19-30-25-18-31(28(34)35-23-14-12-22(29)13-15-23)17-16-24(25)27(33)32(19)26(20-8-4-2-5-9-20)21-10-6-3-7-11-21/h2-15,26H,16-18H2,1H3. The van der Waals surface area contributed by atoms with E-state index >= 15 is 0 Å². The van der Waals surface area contributed by atoms with Gasteiger partial charge in [-0.2, -0.15) is 0 Å². The number of carbonyl (C=O) groups excluding carboxylic acids is 1. The summed E-state index contributed by atoms with van der Waals surface area (Å²) in [6.07, 6.45) is -0.0685. The van der Waals surface area contributed by atoms with Crippen molar-refractivity contribution < 1.29 is 9.53 Å². The molecule has 6 nitrogen and oxygen atoms in total. The lowest BCUT2D eigenvalue weighted by molar-refractivity contribution is 0.145. The molecule has 0 aliphatic carbocycles. The van der Waals surface area contributed by atoms with Crippen LogP contribution in [-0.4, -0.2) is 27.1 Å². The first kappa shape index (κ1) is 22.9. The zero-order valence-corrected chi connectivity index (χ0v) is 20.0. The van der Waals surface area contributed by atoms with Gasteiger partial charge >= 0.3 is 6.09 Å². The van der Waals surface area contributed by atoms with Crippen molar-refractivity contribution in [1.82, 2.24) is 14.5 Å². The van der Waals surface area contributed by atoms with E-state index in [2.05, 4.69) is 0 Å². The van der Waals surface area contributed by atoms with Gasteiger partial charge in [0, 0.05) is 17.1 Å². The number of aromatic nitrogens is 2. The highest BCUT2D eigenvalue weighted by Crippen LogP contribution is 2.27. The summed E-state index contributed by atoms with van der Waals surface area (Å²) >= 11 is 5.91. The van der Waals surface area contributed by atoms with Gasteiger partial charge in [-0.25, -0.2) is 9.78 Å². The zero-order chi connectivity index (χ0) is 24.4. The molecule has 4 aromatic rings. The first-order valence-electron chi connectivity index (χ1n) is 11.4. The quantitative estimate of drug-likeness (QED) is 0.388. The van der Waals surface area contributed by atoms with E-state index in [9.17, 15) is 9.59 Å². The number of carbonyl (C=O) groups is 1. The van der Waals surface area contributed by atoms with Crippen molar-refractivity contribution in [3.63, 3.8) is 0 Å². The van der Waals surface area contributed by atoms with Gasteiger partial charge in [-0.05, 0) is 48.7 Å². The smallest absolute Gasteiger partial charge is 0.410 e. The molecule has 1 amide bonds. The Balaban J connectivity index is 1.48. The van der Waals surface area contributed by atoms with Crippen LogP contribution in [0.25, 0.3) is 0 Å². The number of amides is 1. The topological polar surface area (TPSA) is 64.4 Å². The molecular weight excluding hydrogens is 462 g/mol. The molecule has 7 heteroatoms. The van der Waals surface area contributed by atoms with E-state index in [1.165, 1.54) is 0 Å². The number of hydrogen-bond acceptors (Lipinski definition) is 4. The lowest BCUT2D eigenvalue weighted by Crippen LogP contribution is -2.43. The molecule has 35 heavy (non-hydrogen) atoms. The van der Waals surface area contributed by atoms with Gasteiger partial charge in [0.2, 0.25) is 0 Å². The predicted molar refractivity (Wildman–Crippen MR) is 135 cm³/mol. The molecule has 0 saturated carbocycles. The highest BCUT2D eigenvalue weighted by Gasteiger charge is 2.29. The fourth-order valence-electron chi connectivity index (χ4n) is 4.51. The molecule has 0 radical (unpaired) electrons. The first-order chi connectivity index (χ1) is 17.0. The summed E-state index contributed by atoms with van der Waals surface area (Å²) < 4.78 is 7.25. The molecule has 1 aliphatic rings. The van der Waals surface area contributed by atoms with Gasteiger partial charge in [0.25, 0.3) is 5.56 Å². The summed E-state index contributed by atoms with van der Waals surface area (Å²) in [6, 6.07) is 26.2. The molecule has 0 bridgehead atoms. The predicted octanol–water partition coefficient (Wildman–Crippen LogP) is 5.40. The lowest BCUT2D eigenvalue weighted by atomic mass is 9.97. The van der Waals surface area contributed by atoms with E-state index in [4.69, 9.17) is 21.3 Å². The summed E-state index contributed by atoms with van der Waals surface area (Å²) in [6.45, 7) is 2.44. The minimum Gasteiger partial charge on any atom is -0.410 e. The van der Waals surface area contributed by atoms with Crippen LogP contribution in [0, 0.1) is 6.92 Å². The number of rotatable bonds is 4. The van der Waals surface area contributed by atoms with E-state index in [0.717, 1.165) is 11.1 Å². The van der Waals surface area contributed by atoms with Crippen molar-refractivity contribution in [3.8, 4) is 5.75 Å². The van der Waals surface area contributed by atoms with Gasteiger partial charge in [-0.3, -0.25) is 9.36 Å². The van der Waals surface area contributed by atoms with E-state index in [-0.39, 0.29) is 18.1 Å². The molecule has 5 rings (SSSR count). The normalized spacial score (nSPS) is 12.9. The van der Waals surface area contributed by atoms with Gasteiger partial charge in [-0.15, -0.1) is 0 Å². The van der Waals surface area contributed by atoms with Crippen LogP contribution in [0.1, 0.15) is 34.3 Å². The number of nitrogens with zero attached hydrogens (tertiary/aromatic N) is 3. The monoisotopic (exact) mass is 485 g/mol. The third-order valence-electron chi connectivity index (χ3n) is 6.21. The molecule has 176 valence electrons. The van der Waals surface area contributed by atoms with Gasteiger partial charge in [0.05, 0.1) is 18.3 Å². The number of aryl methyl sites for hydroxylation is 1. The highest BCUT2D eigenvalue weighted by molar-refractivity contribution is 6.30. The number of halogens is 1. The maximum atomic E-state index is 13.8. The van der Waals surface area contributed by atoms with Crippen molar-refractivity contribution in [2.75, 3.05) is 6.54 Å². The van der Waals surface area contributed by atoms with Crippen LogP contribution in [0.5, 0.6) is 5.75 Å². The minimum atomic E-state index is -0.479. The molecule has 1 aliphatic heterocycles. The van der Waals surface area contributed by atoms with E-state index < -0.39 is 6.09 Å². The van der Waals surface area contributed by atoms with Crippen LogP contribution in [0.3, 0.4) is 0 Å². The largest absolute Gasteiger partial charge is 0.415 e. The van der Waals surface area contributed by atoms with E-state index in [0.29, 0.717) is 40.8 Å². The number of fused-ring (bicyclic) bond motifs is 1. The Labute approximate surface area is 208 Å². The molecule has 1 aromatic heterocycles. The summed E-state index contributed by atoms with van der Waals surface area (Å²) in [4.78, 5) is 32.9. The molecular formula is C28H24ClN3O3. The minimum absolute atomic E-state index is 0.0732. The third-order valence-corrected chi connectivity index (χ3v) is 6.46. The molecule has 0 saturated heterocycles. The fourth-order valence-corrected chi connectivity index (χ4v) is 4.64. The van der Waals surface area contributed by atoms with Gasteiger partial charge < -0.3 is 9.64 Å². The second-order valence-electron chi connectivity index (χ2n) is 8.48. The highest BCUT2D eigenvalue weighted by atomic mass is 35.5. The fraction of sp³-hybridized carbons (Fsp3) is 0.179. The zero-order valence-electron chi connectivity index (χ0n) is 19.2. The Morgan fingerprint density at radius 2 is 1.54 bits per heavy atom. The van der Waals surface area contributed by atoms with Crippen LogP contribution in [0.15, 0.2) is 89.7 Å². The Bertz CT molecular complexity index is 1360. The Kier molecular flexibility index (Phi) is 6.38. The molecule has 0 spiro atoms. The number of benzene rings is 3. The first-order valence-corrected chi connectivity index (χ1v) is 11.8. The second-order valence-corrected chi connectivity index (χ2v) is 8.91. The molecule has 2 heterocycles. The average Bonchev–Trinajstić information content (AvgIpc) is 2.88. The van der Waals surface area contributed by atoms with Gasteiger partial charge in [0.15, 0.2) is 0 Å².